The predicted molar refractivity (Wildman–Crippen MR) is 84.8 cm³/mol. The molecule has 2 aromatic rings. The van der Waals surface area contributed by atoms with Crippen molar-refractivity contribution in [1.82, 2.24) is 0 Å². The molecule has 1 fully saturated rings. The van der Waals surface area contributed by atoms with E-state index in [1.54, 1.807) is 18.2 Å². The summed E-state index contributed by atoms with van der Waals surface area (Å²) in [5.41, 5.74) is 8.06. The van der Waals surface area contributed by atoms with E-state index in [9.17, 15) is 14.6 Å². The summed E-state index contributed by atoms with van der Waals surface area (Å²) < 4.78 is 13.1. The minimum Gasteiger partial charge on any atom is -0.508 e. The molecule has 2 aromatic carbocycles. The predicted octanol–water partition coefficient (Wildman–Crippen LogP) is 3.20. The zero-order valence-corrected chi connectivity index (χ0v) is 12.2. The second-order valence-electron chi connectivity index (χ2n) is 5.71. The number of rotatable bonds is 2. The van der Waals surface area contributed by atoms with Crippen LogP contribution >= 0.6 is 0 Å². The molecule has 3 rings (SSSR count). The number of halogens is 1. The van der Waals surface area contributed by atoms with E-state index < -0.39 is 0 Å². The fraction of sp³-hybridized carbons (Fsp3) is 0.294. The Labute approximate surface area is 128 Å². The molecule has 1 heterocycles. The Morgan fingerprint density at radius 1 is 1.05 bits per heavy atom. The lowest BCUT2D eigenvalue weighted by Crippen LogP contribution is -2.33. The van der Waals surface area contributed by atoms with Crippen molar-refractivity contribution >= 4 is 11.4 Å². The van der Waals surface area contributed by atoms with Gasteiger partial charge in [-0.05, 0) is 48.6 Å². The maximum atomic E-state index is 13.1. The minimum absolute atomic E-state index is 0.0674. The summed E-state index contributed by atoms with van der Waals surface area (Å²) in [5.74, 6) is 0.126. The van der Waals surface area contributed by atoms with Crippen molar-refractivity contribution in [2.75, 3.05) is 23.7 Å². The quantitative estimate of drug-likeness (QED) is 0.745. The molecule has 0 aromatic heterocycles. The maximum absolute atomic E-state index is 13.1. The number of phenols is 2. The summed E-state index contributed by atoms with van der Waals surface area (Å²) in [6, 6.07) is 9.22. The van der Waals surface area contributed by atoms with Gasteiger partial charge in [0.15, 0.2) is 0 Å². The molecule has 4 N–H and O–H groups in total. The molecule has 4 nitrogen and oxygen atoms in total. The van der Waals surface area contributed by atoms with Gasteiger partial charge in [-0.1, -0.05) is 6.07 Å². The van der Waals surface area contributed by atoms with Crippen LogP contribution in [0.4, 0.5) is 15.8 Å². The van der Waals surface area contributed by atoms with Crippen LogP contribution in [0.3, 0.4) is 0 Å². The molecule has 22 heavy (non-hydrogen) atoms. The normalized spacial score (nSPS) is 16.0. The molecule has 1 aliphatic heterocycles. The van der Waals surface area contributed by atoms with Gasteiger partial charge in [-0.15, -0.1) is 0 Å². The van der Waals surface area contributed by atoms with E-state index in [0.29, 0.717) is 5.69 Å². The summed E-state index contributed by atoms with van der Waals surface area (Å²) in [6.45, 7) is 1.58. The topological polar surface area (TPSA) is 69.7 Å². The largest absolute Gasteiger partial charge is 0.508 e. The number of benzene rings is 2. The number of nitrogens with zero attached hydrogens (tertiary/aromatic N) is 1. The number of hydrogen-bond donors (Lipinski definition) is 3. The Morgan fingerprint density at radius 3 is 2.41 bits per heavy atom. The first-order valence-electron chi connectivity index (χ1n) is 7.36. The third-order valence-electron chi connectivity index (χ3n) is 4.28. The molecule has 0 radical (unpaired) electrons. The number of hydrogen-bond acceptors (Lipinski definition) is 4. The highest BCUT2D eigenvalue weighted by molar-refractivity contribution is 5.67. The van der Waals surface area contributed by atoms with Gasteiger partial charge in [0, 0.05) is 19.2 Å². The van der Waals surface area contributed by atoms with Crippen molar-refractivity contribution in [1.29, 1.82) is 0 Å². The Bertz CT molecular complexity index is 623. The third-order valence-corrected chi connectivity index (χ3v) is 4.28. The van der Waals surface area contributed by atoms with Gasteiger partial charge in [0.1, 0.15) is 17.3 Å². The number of piperidine rings is 1. The van der Waals surface area contributed by atoms with Crippen molar-refractivity contribution < 1.29 is 14.6 Å². The first-order chi connectivity index (χ1) is 10.5. The first-order valence-corrected chi connectivity index (χ1v) is 7.36. The molecule has 0 spiro atoms. The van der Waals surface area contributed by atoms with Crippen LogP contribution in [-0.4, -0.2) is 23.3 Å². The molecule has 0 unspecified atom stereocenters. The summed E-state index contributed by atoms with van der Waals surface area (Å²) in [5, 5.41) is 19.3. The average Bonchev–Trinajstić information content (AvgIpc) is 2.48. The molecule has 1 saturated heterocycles. The molecule has 0 amide bonds. The van der Waals surface area contributed by atoms with E-state index in [1.165, 1.54) is 18.2 Å². The van der Waals surface area contributed by atoms with Gasteiger partial charge in [0.25, 0.3) is 0 Å². The van der Waals surface area contributed by atoms with Crippen LogP contribution < -0.4 is 10.6 Å². The van der Waals surface area contributed by atoms with Gasteiger partial charge in [-0.25, -0.2) is 4.39 Å². The van der Waals surface area contributed by atoms with Crippen LogP contribution in [0.25, 0.3) is 0 Å². The van der Waals surface area contributed by atoms with Crippen molar-refractivity contribution in [3.63, 3.8) is 0 Å². The number of nitrogen functional groups attached to an aromatic ring is 1. The van der Waals surface area contributed by atoms with Crippen LogP contribution in [0.2, 0.25) is 0 Å². The molecule has 5 heteroatoms. The molecule has 0 aliphatic carbocycles. The Morgan fingerprint density at radius 2 is 1.77 bits per heavy atom. The van der Waals surface area contributed by atoms with Crippen LogP contribution in [0.5, 0.6) is 11.5 Å². The Balaban J connectivity index is 1.72. The summed E-state index contributed by atoms with van der Waals surface area (Å²) >= 11 is 0. The van der Waals surface area contributed by atoms with Crippen molar-refractivity contribution in [2.45, 2.75) is 18.8 Å². The van der Waals surface area contributed by atoms with Gasteiger partial charge >= 0.3 is 0 Å². The lowest BCUT2D eigenvalue weighted by Gasteiger charge is -2.34. The highest BCUT2D eigenvalue weighted by Crippen LogP contribution is 2.37. The Kier molecular flexibility index (Phi) is 3.79. The fourth-order valence-corrected chi connectivity index (χ4v) is 3.12. The standard InChI is InChI=1S/C17H19FN2O2/c18-12-1-4-16(15(19)9-12)20-7-5-11(6-8-20)14-3-2-13(21)10-17(14)22/h1-4,9-11,21-22H,5-8,19H2. The van der Waals surface area contributed by atoms with E-state index in [1.807, 2.05) is 0 Å². The zero-order valence-electron chi connectivity index (χ0n) is 12.2. The van der Waals surface area contributed by atoms with E-state index in [4.69, 9.17) is 5.73 Å². The molecule has 0 atom stereocenters. The molecular weight excluding hydrogens is 283 g/mol. The molecular formula is C17H19FN2O2. The maximum Gasteiger partial charge on any atom is 0.125 e. The van der Waals surface area contributed by atoms with Gasteiger partial charge in [-0.3, -0.25) is 0 Å². The van der Waals surface area contributed by atoms with E-state index in [2.05, 4.69) is 4.90 Å². The van der Waals surface area contributed by atoms with Gasteiger partial charge in [0.05, 0.1) is 11.4 Å². The molecule has 1 aliphatic rings. The highest BCUT2D eigenvalue weighted by atomic mass is 19.1. The van der Waals surface area contributed by atoms with Gasteiger partial charge < -0.3 is 20.8 Å². The number of phenolic OH excluding ortho intramolecular Hbond substituents is 2. The number of nitrogens with two attached hydrogens (primary N) is 1. The zero-order chi connectivity index (χ0) is 15.7. The van der Waals surface area contributed by atoms with Crippen molar-refractivity contribution in [3.8, 4) is 11.5 Å². The highest BCUT2D eigenvalue weighted by Gasteiger charge is 2.24. The average molecular weight is 302 g/mol. The summed E-state index contributed by atoms with van der Waals surface area (Å²) in [7, 11) is 0. The Hall–Kier alpha value is -2.43. The molecule has 0 bridgehead atoms. The minimum atomic E-state index is -0.329. The molecule has 0 saturated carbocycles. The van der Waals surface area contributed by atoms with Crippen LogP contribution in [0.15, 0.2) is 36.4 Å². The first kappa shape index (κ1) is 14.5. The monoisotopic (exact) mass is 302 g/mol. The SMILES string of the molecule is Nc1cc(F)ccc1N1CCC(c2ccc(O)cc2O)CC1. The molecule has 116 valence electrons. The second kappa shape index (κ2) is 5.75. The lowest BCUT2D eigenvalue weighted by atomic mass is 9.88. The van der Waals surface area contributed by atoms with Gasteiger partial charge in [0.2, 0.25) is 0 Å². The van der Waals surface area contributed by atoms with E-state index in [-0.39, 0.29) is 23.2 Å². The summed E-state index contributed by atoms with van der Waals surface area (Å²) in [4.78, 5) is 2.14. The van der Waals surface area contributed by atoms with Crippen LogP contribution in [-0.2, 0) is 0 Å². The van der Waals surface area contributed by atoms with E-state index >= 15 is 0 Å². The fourth-order valence-electron chi connectivity index (χ4n) is 3.12. The number of anilines is 2. The van der Waals surface area contributed by atoms with Crippen molar-refractivity contribution in [2.24, 2.45) is 0 Å². The van der Waals surface area contributed by atoms with Crippen molar-refractivity contribution in [3.05, 3.63) is 47.8 Å². The van der Waals surface area contributed by atoms with Crippen LogP contribution in [0.1, 0.15) is 24.3 Å². The number of aromatic hydroxyl groups is 2. The smallest absolute Gasteiger partial charge is 0.125 e. The van der Waals surface area contributed by atoms with Crippen LogP contribution in [0, 0.1) is 5.82 Å². The van der Waals surface area contributed by atoms with Gasteiger partial charge in [-0.2, -0.15) is 0 Å². The second-order valence-corrected chi connectivity index (χ2v) is 5.71. The summed E-state index contributed by atoms with van der Waals surface area (Å²) in [6.07, 6.45) is 1.74. The lowest BCUT2D eigenvalue weighted by molar-refractivity contribution is 0.428. The third kappa shape index (κ3) is 2.79. The van der Waals surface area contributed by atoms with E-state index in [0.717, 1.165) is 37.2 Å².